The average molecular weight is 396 g/mol. The summed E-state index contributed by atoms with van der Waals surface area (Å²) in [5, 5.41) is 3.39. The molecule has 1 heterocycles. The summed E-state index contributed by atoms with van der Waals surface area (Å²) >= 11 is 0. The van der Waals surface area contributed by atoms with Crippen LogP contribution in [-0.4, -0.2) is 18.3 Å². The molecule has 0 atom stereocenters. The van der Waals surface area contributed by atoms with Crippen LogP contribution in [0.2, 0.25) is 0 Å². The van der Waals surface area contributed by atoms with Gasteiger partial charge >= 0.3 is 6.18 Å². The molecule has 3 rings (SSSR count). The Balaban J connectivity index is 2.06. The van der Waals surface area contributed by atoms with Crippen LogP contribution in [0.25, 0.3) is 11.3 Å². The van der Waals surface area contributed by atoms with Crippen molar-refractivity contribution in [2.24, 2.45) is 5.73 Å². The normalized spacial score (nSPS) is 12.1. The van der Waals surface area contributed by atoms with Crippen molar-refractivity contribution in [1.29, 1.82) is 0 Å². The molecule has 0 aliphatic heterocycles. The third kappa shape index (κ3) is 4.12. The predicted octanol–water partition coefficient (Wildman–Crippen LogP) is 2.96. The summed E-state index contributed by atoms with van der Waals surface area (Å²) in [7, 11) is -4.13. The Kier molecular flexibility index (Phi) is 4.94. The minimum Gasteiger partial charge on any atom is -0.326 e. The van der Waals surface area contributed by atoms with E-state index in [2.05, 4.69) is 9.93 Å². The highest BCUT2D eigenvalue weighted by molar-refractivity contribution is 7.92. The van der Waals surface area contributed by atoms with Gasteiger partial charge in [0.2, 0.25) is 0 Å². The van der Waals surface area contributed by atoms with Crippen LogP contribution in [0.3, 0.4) is 0 Å². The summed E-state index contributed by atoms with van der Waals surface area (Å²) in [6.07, 6.45) is -4.73. The highest BCUT2D eigenvalue weighted by Gasteiger charge is 2.35. The van der Waals surface area contributed by atoms with E-state index >= 15 is 0 Å². The summed E-state index contributed by atoms with van der Waals surface area (Å²) in [6, 6.07) is 14.5. The summed E-state index contributed by atoms with van der Waals surface area (Å²) in [6.45, 7) is 0.272. The number of hydrogen-bond acceptors (Lipinski definition) is 4. The number of nitrogens with zero attached hydrogens (tertiary/aromatic N) is 2. The van der Waals surface area contributed by atoms with Crippen molar-refractivity contribution in [3.05, 3.63) is 71.9 Å². The molecule has 0 fully saturated rings. The van der Waals surface area contributed by atoms with Gasteiger partial charge in [-0.05, 0) is 23.8 Å². The van der Waals surface area contributed by atoms with Gasteiger partial charge in [0.05, 0.1) is 10.6 Å². The molecule has 3 N–H and O–H groups in total. The molecule has 6 nitrogen and oxygen atoms in total. The number of rotatable bonds is 5. The van der Waals surface area contributed by atoms with E-state index in [-0.39, 0.29) is 17.1 Å². The minimum absolute atomic E-state index is 0.0506. The van der Waals surface area contributed by atoms with Crippen LogP contribution in [0.1, 0.15) is 11.3 Å². The smallest absolute Gasteiger partial charge is 0.326 e. The first kappa shape index (κ1) is 18.9. The SMILES string of the molecule is NCc1ccc(-c2cc(C(F)(F)F)nn2NS(=O)(=O)c2ccccc2)cc1. The van der Waals surface area contributed by atoms with Gasteiger partial charge in [-0.15, -0.1) is 5.10 Å². The Bertz CT molecular complexity index is 1030. The van der Waals surface area contributed by atoms with Gasteiger partial charge in [0.15, 0.2) is 5.69 Å². The number of nitrogens with one attached hydrogen (secondary N) is 1. The third-order valence-electron chi connectivity index (χ3n) is 3.75. The molecule has 0 saturated carbocycles. The second-order valence-electron chi connectivity index (χ2n) is 5.63. The van der Waals surface area contributed by atoms with Gasteiger partial charge in [0, 0.05) is 12.1 Å². The highest BCUT2D eigenvalue weighted by Crippen LogP contribution is 2.31. The van der Waals surface area contributed by atoms with E-state index in [1.165, 1.54) is 24.3 Å². The molecule has 0 aliphatic rings. The first-order valence-electron chi connectivity index (χ1n) is 7.75. The largest absolute Gasteiger partial charge is 0.435 e. The van der Waals surface area contributed by atoms with Crippen molar-refractivity contribution in [2.45, 2.75) is 17.6 Å². The van der Waals surface area contributed by atoms with Crippen LogP contribution in [0.5, 0.6) is 0 Å². The summed E-state index contributed by atoms with van der Waals surface area (Å²) < 4.78 is 64.3. The Hall–Kier alpha value is -2.85. The van der Waals surface area contributed by atoms with Gasteiger partial charge in [-0.2, -0.15) is 31.2 Å². The van der Waals surface area contributed by atoms with Crippen molar-refractivity contribution < 1.29 is 21.6 Å². The Morgan fingerprint density at radius 1 is 1.04 bits per heavy atom. The molecular formula is C17H15F3N4O2S. The molecule has 27 heavy (non-hydrogen) atoms. The fourth-order valence-corrected chi connectivity index (χ4v) is 3.36. The van der Waals surface area contributed by atoms with Crippen molar-refractivity contribution in [1.82, 2.24) is 9.89 Å². The van der Waals surface area contributed by atoms with E-state index in [0.717, 1.165) is 11.6 Å². The van der Waals surface area contributed by atoms with Crippen LogP contribution in [0.4, 0.5) is 13.2 Å². The quantitative estimate of drug-likeness (QED) is 0.694. The summed E-state index contributed by atoms with van der Waals surface area (Å²) in [5.41, 5.74) is 5.39. The molecule has 0 spiro atoms. The molecule has 10 heteroatoms. The number of benzene rings is 2. The fourth-order valence-electron chi connectivity index (χ4n) is 2.37. The maximum absolute atomic E-state index is 13.1. The molecule has 0 amide bonds. The molecule has 0 bridgehead atoms. The zero-order valence-corrected chi connectivity index (χ0v) is 14.6. The lowest BCUT2D eigenvalue weighted by molar-refractivity contribution is -0.141. The van der Waals surface area contributed by atoms with Crippen LogP contribution in [0.15, 0.2) is 65.6 Å². The van der Waals surface area contributed by atoms with E-state index in [4.69, 9.17) is 5.73 Å². The third-order valence-corrected chi connectivity index (χ3v) is 5.05. The Morgan fingerprint density at radius 2 is 1.67 bits per heavy atom. The molecule has 0 saturated heterocycles. The van der Waals surface area contributed by atoms with Crippen molar-refractivity contribution in [3.8, 4) is 11.3 Å². The van der Waals surface area contributed by atoms with Crippen LogP contribution in [0, 0.1) is 0 Å². The Labute approximate surface area is 153 Å². The lowest BCUT2D eigenvalue weighted by atomic mass is 10.1. The molecule has 1 aromatic heterocycles. The number of nitrogens with two attached hydrogens (primary N) is 1. The molecule has 2 aromatic carbocycles. The topological polar surface area (TPSA) is 90.0 Å². The maximum Gasteiger partial charge on any atom is 0.435 e. The zero-order chi connectivity index (χ0) is 19.7. The monoisotopic (exact) mass is 396 g/mol. The number of sulfonamides is 1. The molecule has 0 aliphatic carbocycles. The van der Waals surface area contributed by atoms with E-state index in [9.17, 15) is 21.6 Å². The lowest BCUT2D eigenvalue weighted by Crippen LogP contribution is -2.25. The number of hydrogen-bond donors (Lipinski definition) is 2. The van der Waals surface area contributed by atoms with Crippen molar-refractivity contribution in [2.75, 3.05) is 4.83 Å². The number of aromatic nitrogens is 2. The standard InChI is InChI=1S/C17H15F3N4O2S/c18-17(19,20)16-10-15(13-8-6-12(11-21)7-9-13)24(22-16)23-27(25,26)14-4-2-1-3-5-14/h1-10,23H,11,21H2. The number of halogens is 3. The first-order chi connectivity index (χ1) is 12.7. The van der Waals surface area contributed by atoms with E-state index in [1.807, 2.05) is 0 Å². The summed E-state index contributed by atoms with van der Waals surface area (Å²) in [4.78, 5) is 2.59. The first-order valence-corrected chi connectivity index (χ1v) is 9.23. The van der Waals surface area contributed by atoms with Gasteiger partial charge in [0.25, 0.3) is 10.0 Å². The fraction of sp³-hybridized carbons (Fsp3) is 0.118. The van der Waals surface area contributed by atoms with E-state index < -0.39 is 21.9 Å². The van der Waals surface area contributed by atoms with Crippen LogP contribution >= 0.6 is 0 Å². The Morgan fingerprint density at radius 3 is 2.22 bits per heavy atom. The predicted molar refractivity (Wildman–Crippen MR) is 93.5 cm³/mol. The molecule has 3 aromatic rings. The average Bonchev–Trinajstić information content (AvgIpc) is 3.06. The zero-order valence-electron chi connectivity index (χ0n) is 13.8. The minimum atomic E-state index is -4.73. The molecule has 142 valence electrons. The maximum atomic E-state index is 13.1. The van der Waals surface area contributed by atoms with Crippen LogP contribution < -0.4 is 10.6 Å². The van der Waals surface area contributed by atoms with Gasteiger partial charge in [-0.25, -0.2) is 0 Å². The molecule has 0 radical (unpaired) electrons. The van der Waals surface area contributed by atoms with Crippen molar-refractivity contribution in [3.63, 3.8) is 0 Å². The molecular weight excluding hydrogens is 381 g/mol. The van der Waals surface area contributed by atoms with Gasteiger partial charge in [0.1, 0.15) is 0 Å². The number of alkyl halides is 3. The highest BCUT2D eigenvalue weighted by atomic mass is 32.2. The van der Waals surface area contributed by atoms with Crippen LogP contribution in [-0.2, 0) is 22.7 Å². The second-order valence-corrected chi connectivity index (χ2v) is 7.29. The second kappa shape index (κ2) is 7.05. The van der Waals surface area contributed by atoms with E-state index in [1.54, 1.807) is 30.3 Å². The van der Waals surface area contributed by atoms with Gasteiger partial charge in [-0.3, -0.25) is 0 Å². The summed E-state index contributed by atoms with van der Waals surface area (Å²) in [5.74, 6) is 0. The van der Waals surface area contributed by atoms with Crippen molar-refractivity contribution >= 4 is 10.0 Å². The molecule has 0 unspecified atom stereocenters. The van der Waals surface area contributed by atoms with Gasteiger partial charge < -0.3 is 5.73 Å². The van der Waals surface area contributed by atoms with Gasteiger partial charge in [-0.1, -0.05) is 42.5 Å². The lowest BCUT2D eigenvalue weighted by Gasteiger charge is -2.11. The van der Waals surface area contributed by atoms with E-state index in [0.29, 0.717) is 10.4 Å².